The number of thioether (sulfide) groups is 1. The van der Waals surface area contributed by atoms with Crippen LogP contribution in [0.3, 0.4) is 0 Å². The van der Waals surface area contributed by atoms with E-state index >= 15 is 0 Å². The Morgan fingerprint density at radius 1 is 1.11 bits per heavy atom. The van der Waals surface area contributed by atoms with Crippen LogP contribution >= 0.6 is 23.4 Å². The lowest BCUT2D eigenvalue weighted by Crippen LogP contribution is -2.32. The Bertz CT molecular complexity index is 986. The number of hydrogen-bond acceptors (Lipinski definition) is 5. The van der Waals surface area contributed by atoms with Crippen molar-refractivity contribution >= 4 is 52.1 Å². The van der Waals surface area contributed by atoms with Crippen molar-refractivity contribution in [2.24, 2.45) is 0 Å². The van der Waals surface area contributed by atoms with E-state index in [1.807, 2.05) is 6.92 Å². The Kier molecular flexibility index (Phi) is 5.34. The lowest BCUT2D eigenvalue weighted by atomic mass is 10.1. The maximum absolute atomic E-state index is 13.1. The third kappa shape index (κ3) is 3.36. The summed E-state index contributed by atoms with van der Waals surface area (Å²) in [6.45, 7) is 3.63. The maximum Gasteiger partial charge on any atom is 0.272 e. The van der Waals surface area contributed by atoms with Crippen molar-refractivity contribution < 1.29 is 14.5 Å². The number of halogens is 1. The van der Waals surface area contributed by atoms with E-state index in [4.69, 9.17) is 11.6 Å². The molecule has 0 unspecified atom stereocenters. The molecule has 0 saturated heterocycles. The van der Waals surface area contributed by atoms with Gasteiger partial charge in [0.05, 0.1) is 21.1 Å². The lowest BCUT2D eigenvalue weighted by Gasteiger charge is -2.18. The van der Waals surface area contributed by atoms with Crippen LogP contribution in [-0.4, -0.2) is 22.5 Å². The predicted molar refractivity (Wildman–Crippen MR) is 107 cm³/mol. The zero-order valence-corrected chi connectivity index (χ0v) is 16.1. The van der Waals surface area contributed by atoms with Crippen molar-refractivity contribution in [3.63, 3.8) is 0 Å². The van der Waals surface area contributed by atoms with Crippen LogP contribution in [0.4, 0.5) is 11.4 Å². The Morgan fingerprint density at radius 3 is 2.37 bits per heavy atom. The largest absolute Gasteiger partial charge is 0.272 e. The molecule has 3 rings (SSSR count). The molecule has 2 aromatic rings. The number of hydrogen-bond donors (Lipinski definition) is 0. The average molecular weight is 403 g/mol. The minimum atomic E-state index is -0.511. The van der Waals surface area contributed by atoms with Crippen LogP contribution in [0.25, 0.3) is 5.57 Å². The zero-order valence-electron chi connectivity index (χ0n) is 14.6. The molecule has 0 aliphatic carbocycles. The van der Waals surface area contributed by atoms with Crippen LogP contribution in [0, 0.1) is 17.0 Å². The summed E-state index contributed by atoms with van der Waals surface area (Å²) in [6.07, 6.45) is 0. The second-order valence-corrected chi connectivity index (χ2v) is 7.45. The fraction of sp³-hybridized carbons (Fsp3) is 0.158. The third-order valence-electron chi connectivity index (χ3n) is 4.18. The van der Waals surface area contributed by atoms with E-state index < -0.39 is 16.7 Å². The molecule has 0 saturated carbocycles. The summed E-state index contributed by atoms with van der Waals surface area (Å²) in [5.41, 5.74) is 1.71. The summed E-state index contributed by atoms with van der Waals surface area (Å²) in [5, 5.41) is 11.3. The van der Waals surface area contributed by atoms with Crippen molar-refractivity contribution in [3.05, 3.63) is 73.6 Å². The molecule has 0 fully saturated rings. The second kappa shape index (κ2) is 7.54. The van der Waals surface area contributed by atoms with Crippen LogP contribution in [0.1, 0.15) is 18.1 Å². The molecular weight excluding hydrogens is 388 g/mol. The molecule has 0 bridgehead atoms. The summed E-state index contributed by atoms with van der Waals surface area (Å²) in [4.78, 5) is 38.0. The number of non-ortho nitro benzene ring substituents is 1. The number of anilines is 1. The first kappa shape index (κ1) is 19.1. The van der Waals surface area contributed by atoms with Crippen molar-refractivity contribution in [1.82, 2.24) is 0 Å². The van der Waals surface area contributed by atoms with Gasteiger partial charge in [-0.05, 0) is 48.1 Å². The predicted octanol–water partition coefficient (Wildman–Crippen LogP) is 4.59. The van der Waals surface area contributed by atoms with E-state index in [9.17, 15) is 19.7 Å². The highest BCUT2D eigenvalue weighted by molar-refractivity contribution is 8.04. The molecule has 0 spiro atoms. The molecule has 1 aliphatic heterocycles. The monoisotopic (exact) mass is 402 g/mol. The number of nitrogens with zero attached hydrogens (tertiary/aromatic N) is 2. The molecule has 2 aromatic carbocycles. The number of rotatable bonds is 5. The van der Waals surface area contributed by atoms with Crippen LogP contribution in [0.5, 0.6) is 0 Å². The van der Waals surface area contributed by atoms with Gasteiger partial charge in [0.1, 0.15) is 0 Å². The van der Waals surface area contributed by atoms with E-state index in [0.717, 1.165) is 4.90 Å². The number of amides is 2. The Balaban J connectivity index is 2.10. The van der Waals surface area contributed by atoms with Crippen LogP contribution in [0.2, 0.25) is 5.02 Å². The molecule has 138 valence electrons. The highest BCUT2D eigenvalue weighted by Gasteiger charge is 2.40. The van der Waals surface area contributed by atoms with Crippen molar-refractivity contribution in [3.8, 4) is 0 Å². The second-order valence-electron chi connectivity index (χ2n) is 5.77. The molecule has 8 heteroatoms. The van der Waals surface area contributed by atoms with Gasteiger partial charge in [-0.25, -0.2) is 4.90 Å². The zero-order chi connectivity index (χ0) is 19.7. The van der Waals surface area contributed by atoms with E-state index in [-0.39, 0.29) is 11.3 Å². The van der Waals surface area contributed by atoms with Gasteiger partial charge in [0.15, 0.2) is 0 Å². The number of nitro groups is 1. The van der Waals surface area contributed by atoms with Crippen molar-refractivity contribution in [2.45, 2.75) is 13.8 Å². The standard InChI is InChI=1S/C19H15ClN2O4S/c1-3-27-17-16(12-7-9-13(10-8-12)22(25)26)18(23)21(19(17)24)15-6-4-5-14(20)11(15)2/h4-10H,3H2,1-2H3. The molecule has 27 heavy (non-hydrogen) atoms. The minimum absolute atomic E-state index is 0.0802. The first-order valence-corrected chi connectivity index (χ1v) is 9.49. The van der Waals surface area contributed by atoms with Crippen molar-refractivity contribution in [2.75, 3.05) is 10.7 Å². The fourth-order valence-electron chi connectivity index (χ4n) is 2.85. The Hall–Kier alpha value is -2.64. The van der Waals surface area contributed by atoms with Crippen molar-refractivity contribution in [1.29, 1.82) is 0 Å². The number of benzene rings is 2. The maximum atomic E-state index is 13.1. The van der Waals surface area contributed by atoms with Gasteiger partial charge in [-0.1, -0.05) is 24.6 Å². The summed E-state index contributed by atoms with van der Waals surface area (Å²) >= 11 is 7.43. The average Bonchev–Trinajstić information content (AvgIpc) is 2.88. The summed E-state index contributed by atoms with van der Waals surface area (Å²) in [6, 6.07) is 10.7. The number of carbonyl (C=O) groups excluding carboxylic acids is 2. The van der Waals surface area contributed by atoms with Crippen LogP contribution in [-0.2, 0) is 9.59 Å². The molecule has 2 amide bonds. The third-order valence-corrected chi connectivity index (χ3v) is 5.54. The van der Waals surface area contributed by atoms with E-state index in [1.165, 1.54) is 36.0 Å². The van der Waals surface area contributed by atoms with E-state index in [2.05, 4.69) is 0 Å². The lowest BCUT2D eigenvalue weighted by molar-refractivity contribution is -0.384. The van der Waals surface area contributed by atoms with Gasteiger partial charge in [0, 0.05) is 17.2 Å². The molecule has 0 aromatic heterocycles. The van der Waals surface area contributed by atoms with Gasteiger partial charge in [-0.15, -0.1) is 11.8 Å². The summed E-state index contributed by atoms with van der Waals surface area (Å²) in [5.74, 6) is -0.270. The number of nitro benzene ring substituents is 1. The van der Waals surface area contributed by atoms with Gasteiger partial charge in [0.2, 0.25) is 0 Å². The van der Waals surface area contributed by atoms with Gasteiger partial charge < -0.3 is 0 Å². The minimum Gasteiger partial charge on any atom is -0.268 e. The molecule has 6 nitrogen and oxygen atoms in total. The van der Waals surface area contributed by atoms with E-state index in [1.54, 1.807) is 25.1 Å². The molecule has 0 N–H and O–H groups in total. The normalized spacial score (nSPS) is 14.3. The smallest absolute Gasteiger partial charge is 0.268 e. The molecule has 0 radical (unpaired) electrons. The van der Waals surface area contributed by atoms with Gasteiger partial charge in [-0.2, -0.15) is 0 Å². The highest BCUT2D eigenvalue weighted by Crippen LogP contribution is 2.40. The topological polar surface area (TPSA) is 80.5 Å². The molecule has 1 heterocycles. The van der Waals surface area contributed by atoms with Crippen LogP contribution in [0.15, 0.2) is 47.4 Å². The Labute approximate surface area is 165 Å². The van der Waals surface area contributed by atoms with Gasteiger partial charge in [-0.3, -0.25) is 19.7 Å². The molecule has 1 aliphatic rings. The van der Waals surface area contributed by atoms with E-state index in [0.29, 0.717) is 32.5 Å². The molecule has 0 atom stereocenters. The SMILES string of the molecule is CCSC1=C(c2ccc([N+](=O)[O-])cc2)C(=O)N(c2cccc(Cl)c2C)C1=O. The van der Waals surface area contributed by atoms with Gasteiger partial charge in [0.25, 0.3) is 17.5 Å². The first-order chi connectivity index (χ1) is 12.9. The summed E-state index contributed by atoms with van der Waals surface area (Å²) < 4.78 is 0. The number of carbonyl (C=O) groups is 2. The fourth-order valence-corrected chi connectivity index (χ4v) is 3.87. The quantitative estimate of drug-likeness (QED) is 0.415. The highest BCUT2D eigenvalue weighted by atomic mass is 35.5. The first-order valence-electron chi connectivity index (χ1n) is 8.12. The van der Waals surface area contributed by atoms with Gasteiger partial charge >= 0.3 is 0 Å². The van der Waals surface area contributed by atoms with Crippen LogP contribution < -0.4 is 4.90 Å². The Morgan fingerprint density at radius 2 is 1.78 bits per heavy atom. The number of imide groups is 1. The molecular formula is C19H15ClN2O4S. The summed E-state index contributed by atoms with van der Waals surface area (Å²) in [7, 11) is 0.